The normalized spacial score (nSPS) is 14.5. The number of rotatable bonds is 16. The number of phosphoric acid groups is 1. The van der Waals surface area contributed by atoms with E-state index in [1.807, 2.05) is 0 Å². The third-order valence-corrected chi connectivity index (χ3v) is 13.4. The van der Waals surface area contributed by atoms with Gasteiger partial charge in [-0.1, -0.05) is 0 Å². The maximum atomic E-state index is 13.4. The summed E-state index contributed by atoms with van der Waals surface area (Å²) < 4.78 is 31.3. The molecule has 0 N–H and O–H groups in total. The first kappa shape index (κ1) is 24.5. The Morgan fingerprint density at radius 3 is 1.38 bits per heavy atom. The van der Waals surface area contributed by atoms with Gasteiger partial charge in [0.1, 0.15) is 0 Å². The average molecular weight is 384 g/mol. The SMILES string of the molecule is CCCCOP(=O)(OCCCC)OP(C)(CCC)(CCC)CCC. The molecule has 0 aliphatic rings. The van der Waals surface area contributed by atoms with Crippen LogP contribution >= 0.6 is 14.7 Å². The van der Waals surface area contributed by atoms with Gasteiger partial charge in [0.05, 0.1) is 0 Å². The van der Waals surface area contributed by atoms with Crippen LogP contribution in [0, 0.1) is 0 Å². The summed E-state index contributed by atoms with van der Waals surface area (Å²) >= 11 is 0. The van der Waals surface area contributed by atoms with Crippen LogP contribution in [0.2, 0.25) is 0 Å². The van der Waals surface area contributed by atoms with Gasteiger partial charge in [0.2, 0.25) is 0 Å². The third-order valence-electron chi connectivity index (χ3n) is 4.41. The van der Waals surface area contributed by atoms with Crippen molar-refractivity contribution in [1.82, 2.24) is 0 Å². The minimum atomic E-state index is -3.50. The van der Waals surface area contributed by atoms with E-state index in [0.29, 0.717) is 13.2 Å². The zero-order chi connectivity index (χ0) is 18.6. The van der Waals surface area contributed by atoms with Crippen molar-refractivity contribution in [1.29, 1.82) is 0 Å². The fourth-order valence-corrected chi connectivity index (χ4v) is 12.5. The number of phosphoric ester groups is 1. The minimum absolute atomic E-state index is 0.441. The summed E-state index contributed by atoms with van der Waals surface area (Å²) in [5.41, 5.74) is 0. The van der Waals surface area contributed by atoms with Gasteiger partial charge in [0.25, 0.3) is 0 Å². The molecule has 0 rings (SSSR count). The van der Waals surface area contributed by atoms with Gasteiger partial charge in [-0.15, -0.1) is 0 Å². The van der Waals surface area contributed by atoms with Crippen molar-refractivity contribution in [3.63, 3.8) is 0 Å². The van der Waals surface area contributed by atoms with Crippen LogP contribution in [-0.4, -0.2) is 38.4 Å². The molecule has 0 heterocycles. The van der Waals surface area contributed by atoms with E-state index in [1.165, 1.54) is 0 Å². The summed E-state index contributed by atoms with van der Waals surface area (Å²) in [4.78, 5) is 0. The fraction of sp³-hybridized carbons (Fsp3) is 1.00. The molecule has 0 spiro atoms. The maximum absolute atomic E-state index is 13.4. The van der Waals surface area contributed by atoms with Gasteiger partial charge < -0.3 is 0 Å². The Morgan fingerprint density at radius 2 is 1.08 bits per heavy atom. The molecule has 0 atom stereocenters. The molecule has 0 aromatic carbocycles. The molecule has 0 aliphatic carbocycles. The Labute approximate surface area is 151 Å². The van der Waals surface area contributed by atoms with Crippen molar-refractivity contribution in [3.8, 4) is 0 Å². The van der Waals surface area contributed by atoms with E-state index in [4.69, 9.17) is 13.4 Å². The molecule has 4 nitrogen and oxygen atoms in total. The van der Waals surface area contributed by atoms with E-state index < -0.39 is 14.7 Å². The predicted molar refractivity (Wildman–Crippen MR) is 109 cm³/mol. The second-order valence-electron chi connectivity index (χ2n) is 7.26. The third kappa shape index (κ3) is 8.77. The van der Waals surface area contributed by atoms with Crippen LogP contribution in [0.15, 0.2) is 0 Å². The van der Waals surface area contributed by atoms with Crippen molar-refractivity contribution in [2.75, 3.05) is 38.4 Å². The Hall–Kier alpha value is 0.540. The number of hydrogen-bond donors (Lipinski definition) is 0. The Bertz CT molecular complexity index is 340. The Balaban J connectivity index is 5.41. The summed E-state index contributed by atoms with van der Waals surface area (Å²) in [6.07, 6.45) is 9.85. The number of unbranched alkanes of at least 4 members (excludes halogenated alkanes) is 2. The monoisotopic (exact) mass is 384 g/mol. The van der Waals surface area contributed by atoms with Gasteiger partial charge in [-0.05, 0) is 0 Å². The van der Waals surface area contributed by atoms with Crippen molar-refractivity contribution < 1.29 is 17.9 Å². The zero-order valence-corrected chi connectivity index (χ0v) is 18.8. The van der Waals surface area contributed by atoms with E-state index in [0.717, 1.165) is 63.4 Å². The molecular formula is C18H42O4P2. The van der Waals surface area contributed by atoms with Gasteiger partial charge >= 0.3 is 151 Å². The van der Waals surface area contributed by atoms with Gasteiger partial charge in [-0.25, -0.2) is 0 Å². The molecule has 0 aromatic rings. The molecule has 0 unspecified atom stereocenters. The second-order valence-corrected chi connectivity index (χ2v) is 15.0. The summed E-state index contributed by atoms with van der Waals surface area (Å²) in [5, 5.41) is 0. The van der Waals surface area contributed by atoms with E-state index in [9.17, 15) is 4.57 Å². The van der Waals surface area contributed by atoms with Crippen LogP contribution in [0.25, 0.3) is 0 Å². The van der Waals surface area contributed by atoms with E-state index in [1.54, 1.807) is 0 Å². The zero-order valence-electron chi connectivity index (χ0n) is 17.0. The Morgan fingerprint density at radius 1 is 0.708 bits per heavy atom. The molecule has 148 valence electrons. The van der Waals surface area contributed by atoms with Crippen LogP contribution in [0.4, 0.5) is 0 Å². The molecule has 24 heavy (non-hydrogen) atoms. The van der Waals surface area contributed by atoms with Crippen molar-refractivity contribution in [2.45, 2.75) is 79.6 Å². The van der Waals surface area contributed by atoms with Crippen molar-refractivity contribution >= 4 is 14.7 Å². The predicted octanol–water partition coefficient (Wildman–Crippen LogP) is 7.07. The van der Waals surface area contributed by atoms with Gasteiger partial charge in [-0.2, -0.15) is 0 Å². The first-order valence-corrected chi connectivity index (χ1v) is 14.5. The molecule has 0 saturated carbocycles. The van der Waals surface area contributed by atoms with Gasteiger partial charge in [-0.3, -0.25) is 0 Å². The van der Waals surface area contributed by atoms with Gasteiger partial charge in [0.15, 0.2) is 0 Å². The topological polar surface area (TPSA) is 44.8 Å². The van der Waals surface area contributed by atoms with Crippen LogP contribution in [0.5, 0.6) is 0 Å². The molecule has 0 bridgehead atoms. The van der Waals surface area contributed by atoms with Crippen molar-refractivity contribution in [2.24, 2.45) is 0 Å². The average Bonchev–Trinajstić information content (AvgIpc) is 2.48. The molecule has 0 radical (unpaired) electrons. The molecule has 6 heteroatoms. The molecule has 0 aromatic heterocycles. The molecule has 0 amide bonds. The van der Waals surface area contributed by atoms with Crippen LogP contribution in [-0.2, 0) is 17.9 Å². The van der Waals surface area contributed by atoms with E-state index >= 15 is 0 Å². The van der Waals surface area contributed by atoms with Crippen molar-refractivity contribution in [3.05, 3.63) is 0 Å². The second kappa shape index (κ2) is 12.0. The first-order chi connectivity index (χ1) is 11.3. The first-order valence-electron chi connectivity index (χ1n) is 9.92. The van der Waals surface area contributed by atoms with Crippen LogP contribution in [0.1, 0.15) is 79.6 Å². The van der Waals surface area contributed by atoms with E-state index in [-0.39, 0.29) is 0 Å². The Kier molecular flexibility index (Phi) is 12.3. The van der Waals surface area contributed by atoms with Crippen LogP contribution in [0.3, 0.4) is 0 Å². The molecule has 0 fully saturated rings. The quantitative estimate of drug-likeness (QED) is 0.211. The summed E-state index contributed by atoms with van der Waals surface area (Å²) in [7, 11) is -3.50. The molecule has 0 saturated heterocycles. The summed E-state index contributed by atoms with van der Waals surface area (Å²) in [6, 6.07) is 0. The van der Waals surface area contributed by atoms with Crippen LogP contribution < -0.4 is 0 Å². The van der Waals surface area contributed by atoms with Gasteiger partial charge in [0, 0.05) is 0 Å². The number of hydrogen-bond acceptors (Lipinski definition) is 4. The standard InChI is InChI=1S/C18H42O4P2/c1-7-12-14-20-23(19,21-15-13-8-2)22-24(6,16-9-3,17-10-4)18-11-5/h7-18H2,1-6H3. The fourth-order valence-electron chi connectivity index (χ4n) is 3.39. The molecule has 0 aliphatic heterocycles. The summed E-state index contributed by atoms with van der Waals surface area (Å²) in [6.45, 7) is 11.3. The summed E-state index contributed by atoms with van der Waals surface area (Å²) in [5.74, 6) is 0. The van der Waals surface area contributed by atoms with E-state index in [2.05, 4.69) is 41.3 Å². The molecular weight excluding hydrogens is 342 g/mol.